The van der Waals surface area contributed by atoms with Crippen LogP contribution in [0, 0.1) is 27.7 Å². The summed E-state index contributed by atoms with van der Waals surface area (Å²) >= 11 is 3.60. The summed E-state index contributed by atoms with van der Waals surface area (Å²) in [4.78, 5) is 0. The van der Waals surface area contributed by atoms with Gasteiger partial charge in [0.25, 0.3) is 0 Å². The molecule has 2 aromatic rings. The van der Waals surface area contributed by atoms with E-state index in [0.29, 0.717) is 0 Å². The first-order valence-corrected chi connectivity index (χ1v) is 7.34. The Morgan fingerprint density at radius 2 is 1.42 bits per heavy atom. The standard InChI is InChI=1S/C17H20BrN/c1-11-6-5-7-12(2)16(11)10-19-15-8-13(3)17(18)14(4)9-15/h5-9,19H,10H2,1-4H3. The monoisotopic (exact) mass is 317 g/mol. The second-order valence-electron chi connectivity index (χ2n) is 5.15. The Kier molecular flexibility index (Phi) is 4.31. The van der Waals surface area contributed by atoms with Crippen LogP contribution in [0.3, 0.4) is 0 Å². The van der Waals surface area contributed by atoms with Crippen molar-refractivity contribution in [1.29, 1.82) is 0 Å². The molecule has 0 saturated carbocycles. The van der Waals surface area contributed by atoms with E-state index < -0.39 is 0 Å². The van der Waals surface area contributed by atoms with Gasteiger partial charge in [0, 0.05) is 16.7 Å². The number of nitrogens with one attached hydrogen (secondary N) is 1. The highest BCUT2D eigenvalue weighted by Crippen LogP contribution is 2.25. The van der Waals surface area contributed by atoms with E-state index in [4.69, 9.17) is 0 Å². The third kappa shape index (κ3) is 3.19. The summed E-state index contributed by atoms with van der Waals surface area (Å²) in [6, 6.07) is 10.8. The first kappa shape index (κ1) is 14.1. The molecule has 0 aliphatic carbocycles. The van der Waals surface area contributed by atoms with Crippen LogP contribution in [0.25, 0.3) is 0 Å². The molecule has 2 rings (SSSR count). The molecule has 0 fully saturated rings. The molecule has 100 valence electrons. The van der Waals surface area contributed by atoms with E-state index in [1.165, 1.54) is 38.0 Å². The minimum absolute atomic E-state index is 0.874. The quantitative estimate of drug-likeness (QED) is 0.810. The van der Waals surface area contributed by atoms with Crippen LogP contribution >= 0.6 is 15.9 Å². The Hall–Kier alpha value is -1.28. The van der Waals surface area contributed by atoms with Gasteiger partial charge in [-0.1, -0.05) is 34.1 Å². The van der Waals surface area contributed by atoms with E-state index in [-0.39, 0.29) is 0 Å². The molecule has 0 aromatic heterocycles. The van der Waals surface area contributed by atoms with Crippen molar-refractivity contribution < 1.29 is 0 Å². The molecule has 0 aliphatic rings. The first-order chi connectivity index (χ1) is 8.99. The molecule has 0 heterocycles. The smallest absolute Gasteiger partial charge is 0.0406 e. The van der Waals surface area contributed by atoms with Gasteiger partial charge in [0.05, 0.1) is 0 Å². The van der Waals surface area contributed by atoms with E-state index in [1.807, 2.05) is 0 Å². The Balaban J connectivity index is 2.19. The van der Waals surface area contributed by atoms with Crippen molar-refractivity contribution in [2.75, 3.05) is 5.32 Å². The fraction of sp³-hybridized carbons (Fsp3) is 0.294. The van der Waals surface area contributed by atoms with E-state index in [9.17, 15) is 0 Å². The zero-order chi connectivity index (χ0) is 14.0. The van der Waals surface area contributed by atoms with E-state index in [0.717, 1.165) is 6.54 Å². The van der Waals surface area contributed by atoms with Gasteiger partial charge in [0.2, 0.25) is 0 Å². The number of halogens is 1. The SMILES string of the molecule is Cc1cc(NCc2c(C)cccc2C)cc(C)c1Br. The van der Waals surface area contributed by atoms with Gasteiger partial charge in [-0.05, 0) is 67.6 Å². The maximum atomic E-state index is 3.60. The van der Waals surface area contributed by atoms with Crippen molar-refractivity contribution in [3.05, 3.63) is 62.6 Å². The molecular weight excluding hydrogens is 298 g/mol. The Labute approximate surface area is 124 Å². The third-order valence-corrected chi connectivity index (χ3v) is 4.80. The molecule has 1 nitrogen and oxygen atoms in total. The van der Waals surface area contributed by atoms with Crippen molar-refractivity contribution >= 4 is 21.6 Å². The second kappa shape index (κ2) is 5.79. The summed E-state index contributed by atoms with van der Waals surface area (Å²) in [5.41, 5.74) is 7.80. The molecule has 0 radical (unpaired) electrons. The average Bonchev–Trinajstić information content (AvgIpc) is 2.35. The van der Waals surface area contributed by atoms with Crippen LogP contribution in [0.5, 0.6) is 0 Å². The van der Waals surface area contributed by atoms with Crippen LogP contribution in [0.15, 0.2) is 34.8 Å². The van der Waals surface area contributed by atoms with Gasteiger partial charge in [0.15, 0.2) is 0 Å². The number of hydrogen-bond acceptors (Lipinski definition) is 1. The number of anilines is 1. The highest BCUT2D eigenvalue weighted by Gasteiger charge is 2.04. The molecule has 0 saturated heterocycles. The molecule has 0 unspecified atom stereocenters. The number of rotatable bonds is 3. The van der Waals surface area contributed by atoms with Crippen LogP contribution in [0.4, 0.5) is 5.69 Å². The predicted octanol–water partition coefficient (Wildman–Crippen LogP) is 5.29. The van der Waals surface area contributed by atoms with E-state index in [1.54, 1.807) is 0 Å². The zero-order valence-electron chi connectivity index (χ0n) is 12.0. The second-order valence-corrected chi connectivity index (χ2v) is 5.94. The zero-order valence-corrected chi connectivity index (χ0v) is 13.6. The fourth-order valence-corrected chi connectivity index (χ4v) is 2.60. The first-order valence-electron chi connectivity index (χ1n) is 6.54. The van der Waals surface area contributed by atoms with Crippen molar-refractivity contribution in [3.8, 4) is 0 Å². The van der Waals surface area contributed by atoms with Gasteiger partial charge in [-0.2, -0.15) is 0 Å². The lowest BCUT2D eigenvalue weighted by molar-refractivity contribution is 1.09. The Bertz CT molecular complexity index is 559. The van der Waals surface area contributed by atoms with Gasteiger partial charge in [-0.25, -0.2) is 0 Å². The molecule has 0 bridgehead atoms. The molecule has 0 amide bonds. The van der Waals surface area contributed by atoms with Gasteiger partial charge in [0.1, 0.15) is 0 Å². The molecular formula is C17H20BrN. The van der Waals surface area contributed by atoms with Crippen LogP contribution in [-0.4, -0.2) is 0 Å². The van der Waals surface area contributed by atoms with Crippen molar-refractivity contribution in [3.63, 3.8) is 0 Å². The highest BCUT2D eigenvalue weighted by molar-refractivity contribution is 9.10. The summed E-state index contributed by atoms with van der Waals surface area (Å²) < 4.78 is 1.20. The largest absolute Gasteiger partial charge is 0.381 e. The summed E-state index contributed by atoms with van der Waals surface area (Å²) in [6.45, 7) is 9.46. The number of hydrogen-bond donors (Lipinski definition) is 1. The molecule has 2 heteroatoms. The lowest BCUT2D eigenvalue weighted by Gasteiger charge is -2.14. The minimum Gasteiger partial charge on any atom is -0.381 e. The molecule has 0 aliphatic heterocycles. The maximum absolute atomic E-state index is 3.60. The van der Waals surface area contributed by atoms with Crippen LogP contribution in [0.2, 0.25) is 0 Å². The average molecular weight is 318 g/mol. The summed E-state index contributed by atoms with van der Waals surface area (Å²) in [6.07, 6.45) is 0. The third-order valence-electron chi connectivity index (χ3n) is 3.55. The van der Waals surface area contributed by atoms with Crippen molar-refractivity contribution in [2.24, 2.45) is 0 Å². The number of aryl methyl sites for hydroxylation is 4. The van der Waals surface area contributed by atoms with Crippen LogP contribution in [0.1, 0.15) is 27.8 Å². The van der Waals surface area contributed by atoms with Gasteiger partial charge < -0.3 is 5.32 Å². The van der Waals surface area contributed by atoms with Gasteiger partial charge in [-0.3, -0.25) is 0 Å². The number of benzene rings is 2. The normalized spacial score (nSPS) is 10.6. The Morgan fingerprint density at radius 1 is 0.895 bits per heavy atom. The van der Waals surface area contributed by atoms with Gasteiger partial charge >= 0.3 is 0 Å². The van der Waals surface area contributed by atoms with Crippen molar-refractivity contribution in [1.82, 2.24) is 0 Å². The highest BCUT2D eigenvalue weighted by atomic mass is 79.9. The van der Waals surface area contributed by atoms with Crippen LogP contribution < -0.4 is 5.32 Å². The predicted molar refractivity (Wildman–Crippen MR) is 86.9 cm³/mol. The summed E-state index contributed by atoms with van der Waals surface area (Å²) in [5.74, 6) is 0. The van der Waals surface area contributed by atoms with E-state index >= 15 is 0 Å². The van der Waals surface area contributed by atoms with Gasteiger partial charge in [-0.15, -0.1) is 0 Å². The molecule has 19 heavy (non-hydrogen) atoms. The lowest BCUT2D eigenvalue weighted by Crippen LogP contribution is -2.04. The summed E-state index contributed by atoms with van der Waals surface area (Å²) in [7, 11) is 0. The maximum Gasteiger partial charge on any atom is 0.0406 e. The summed E-state index contributed by atoms with van der Waals surface area (Å²) in [5, 5.41) is 3.53. The Morgan fingerprint density at radius 3 is 1.95 bits per heavy atom. The van der Waals surface area contributed by atoms with Crippen molar-refractivity contribution in [2.45, 2.75) is 34.2 Å². The topological polar surface area (TPSA) is 12.0 Å². The molecule has 1 N–H and O–H groups in total. The minimum atomic E-state index is 0.874. The molecule has 2 aromatic carbocycles. The molecule has 0 spiro atoms. The fourth-order valence-electron chi connectivity index (χ4n) is 2.37. The lowest BCUT2D eigenvalue weighted by atomic mass is 10.0. The van der Waals surface area contributed by atoms with E-state index in [2.05, 4.69) is 79.3 Å². The van der Waals surface area contributed by atoms with Crippen LogP contribution in [-0.2, 0) is 6.54 Å². The molecule has 0 atom stereocenters.